The fraction of sp³-hybridized carbons (Fsp3) is 0. The standard InChI is InChI=1S/C40H25NOS/c1-2-10-26(11-3-1)27-20-23-29(24-21-27)41(34-16-9-19-37-38(34)33-14-6-7-18-36(33)42-37)35-17-8-15-31-32-25-22-28-12-4-5-13-30(28)39(32)43-40(31)35/h1-25H. The van der Waals surface area contributed by atoms with E-state index in [0.717, 1.165) is 39.0 Å². The van der Waals surface area contributed by atoms with Crippen LogP contribution >= 0.6 is 11.3 Å². The lowest BCUT2D eigenvalue weighted by Crippen LogP contribution is -2.10. The van der Waals surface area contributed by atoms with Gasteiger partial charge in [0, 0.05) is 26.5 Å². The van der Waals surface area contributed by atoms with Crippen LogP contribution in [0, 0.1) is 0 Å². The molecule has 0 radical (unpaired) electrons. The molecule has 3 heteroatoms. The second-order valence-corrected chi connectivity index (χ2v) is 11.9. The predicted molar refractivity (Wildman–Crippen MR) is 184 cm³/mol. The van der Waals surface area contributed by atoms with Gasteiger partial charge in [-0.1, -0.05) is 115 Å². The molecular weight excluding hydrogens is 543 g/mol. The number of fused-ring (bicyclic) bond motifs is 8. The number of hydrogen-bond acceptors (Lipinski definition) is 3. The second kappa shape index (κ2) is 9.59. The lowest BCUT2D eigenvalue weighted by Gasteiger charge is -2.27. The lowest BCUT2D eigenvalue weighted by atomic mass is 10.0. The zero-order valence-electron chi connectivity index (χ0n) is 23.2. The Hall–Kier alpha value is -5.38. The van der Waals surface area contributed by atoms with Crippen molar-refractivity contribution in [1.29, 1.82) is 0 Å². The summed E-state index contributed by atoms with van der Waals surface area (Å²) in [5.74, 6) is 0. The molecule has 0 N–H and O–H groups in total. The molecule has 0 aliphatic rings. The van der Waals surface area contributed by atoms with Crippen molar-refractivity contribution in [3.63, 3.8) is 0 Å². The Bertz CT molecular complexity index is 2450. The zero-order valence-corrected chi connectivity index (χ0v) is 24.0. The first-order chi connectivity index (χ1) is 21.3. The predicted octanol–water partition coefficient (Wildman–Crippen LogP) is 12.2. The molecule has 0 amide bonds. The van der Waals surface area contributed by atoms with Crippen LogP contribution in [0.1, 0.15) is 0 Å². The topological polar surface area (TPSA) is 16.4 Å². The first kappa shape index (κ1) is 24.2. The number of benzene rings is 7. The summed E-state index contributed by atoms with van der Waals surface area (Å²) in [6, 6.07) is 54.1. The van der Waals surface area contributed by atoms with E-state index >= 15 is 0 Å². The summed E-state index contributed by atoms with van der Waals surface area (Å²) in [5, 5.41) is 7.38. The van der Waals surface area contributed by atoms with Gasteiger partial charge in [-0.15, -0.1) is 11.3 Å². The van der Waals surface area contributed by atoms with Crippen molar-refractivity contribution in [2.75, 3.05) is 4.90 Å². The van der Waals surface area contributed by atoms with Crippen LogP contribution in [0.2, 0.25) is 0 Å². The van der Waals surface area contributed by atoms with Crippen molar-refractivity contribution in [3.8, 4) is 11.1 Å². The highest BCUT2D eigenvalue weighted by molar-refractivity contribution is 7.27. The van der Waals surface area contributed by atoms with E-state index in [9.17, 15) is 0 Å². The molecular formula is C40H25NOS. The molecule has 2 heterocycles. The highest BCUT2D eigenvalue weighted by Gasteiger charge is 2.22. The maximum Gasteiger partial charge on any atom is 0.137 e. The first-order valence-corrected chi connectivity index (χ1v) is 15.3. The van der Waals surface area contributed by atoms with Crippen molar-refractivity contribution in [2.24, 2.45) is 0 Å². The van der Waals surface area contributed by atoms with Crippen LogP contribution in [-0.2, 0) is 0 Å². The van der Waals surface area contributed by atoms with Crippen LogP contribution in [0.15, 0.2) is 156 Å². The van der Waals surface area contributed by atoms with Crippen molar-refractivity contribution >= 4 is 81.3 Å². The quantitative estimate of drug-likeness (QED) is 0.210. The summed E-state index contributed by atoms with van der Waals surface area (Å²) in [6.45, 7) is 0. The fourth-order valence-corrected chi connectivity index (χ4v) is 7.81. The lowest BCUT2D eigenvalue weighted by molar-refractivity contribution is 0.669. The molecule has 9 aromatic rings. The average Bonchev–Trinajstić information content (AvgIpc) is 3.65. The van der Waals surface area contributed by atoms with Crippen molar-refractivity contribution in [3.05, 3.63) is 152 Å². The number of nitrogens with zero attached hydrogens (tertiary/aromatic N) is 1. The Kier molecular flexibility index (Phi) is 5.40. The Labute approximate surface area is 252 Å². The Balaban J connectivity index is 1.34. The van der Waals surface area contributed by atoms with Crippen molar-refractivity contribution in [2.45, 2.75) is 0 Å². The molecule has 0 atom stereocenters. The second-order valence-electron chi connectivity index (χ2n) is 10.9. The minimum absolute atomic E-state index is 0.888. The fourth-order valence-electron chi connectivity index (χ4n) is 6.47. The molecule has 0 spiro atoms. The van der Waals surface area contributed by atoms with E-state index in [0.29, 0.717) is 0 Å². The van der Waals surface area contributed by atoms with E-state index in [1.807, 2.05) is 17.4 Å². The van der Waals surface area contributed by atoms with Crippen LogP contribution in [0.3, 0.4) is 0 Å². The normalized spacial score (nSPS) is 11.7. The van der Waals surface area contributed by atoms with Gasteiger partial charge in [-0.05, 0) is 58.3 Å². The molecule has 2 nitrogen and oxygen atoms in total. The van der Waals surface area contributed by atoms with Gasteiger partial charge in [0.15, 0.2) is 0 Å². The largest absolute Gasteiger partial charge is 0.456 e. The van der Waals surface area contributed by atoms with Crippen LogP contribution in [0.25, 0.3) is 64.0 Å². The van der Waals surface area contributed by atoms with Gasteiger partial charge in [-0.2, -0.15) is 0 Å². The Morgan fingerprint density at radius 2 is 1.07 bits per heavy atom. The van der Waals surface area contributed by atoms with Crippen molar-refractivity contribution < 1.29 is 4.42 Å². The van der Waals surface area contributed by atoms with Gasteiger partial charge in [-0.3, -0.25) is 0 Å². The highest BCUT2D eigenvalue weighted by atomic mass is 32.1. The first-order valence-electron chi connectivity index (χ1n) is 14.5. The van der Waals surface area contributed by atoms with Gasteiger partial charge in [0.2, 0.25) is 0 Å². The molecule has 7 aromatic carbocycles. The molecule has 0 saturated heterocycles. The molecule has 43 heavy (non-hydrogen) atoms. The number of rotatable bonds is 4. The molecule has 0 unspecified atom stereocenters. The smallest absolute Gasteiger partial charge is 0.137 e. The third-order valence-corrected chi connectivity index (χ3v) is 9.74. The molecule has 202 valence electrons. The molecule has 0 bridgehead atoms. The van der Waals surface area contributed by atoms with Gasteiger partial charge in [0.1, 0.15) is 11.2 Å². The van der Waals surface area contributed by atoms with E-state index in [1.165, 1.54) is 42.1 Å². The SMILES string of the molecule is c1ccc(-c2ccc(N(c3cccc4c3sc3c5ccccc5ccc43)c3cccc4oc5ccccc5c34)cc2)cc1. The summed E-state index contributed by atoms with van der Waals surface area (Å²) in [7, 11) is 0. The third kappa shape index (κ3) is 3.79. The number of anilines is 3. The van der Waals surface area contributed by atoms with E-state index < -0.39 is 0 Å². The van der Waals surface area contributed by atoms with Crippen LogP contribution in [0.4, 0.5) is 17.1 Å². The van der Waals surface area contributed by atoms with Gasteiger partial charge in [0.25, 0.3) is 0 Å². The van der Waals surface area contributed by atoms with Gasteiger partial charge in [-0.25, -0.2) is 0 Å². The summed E-state index contributed by atoms with van der Waals surface area (Å²) in [4.78, 5) is 2.42. The number of para-hydroxylation sites is 1. The van der Waals surface area contributed by atoms with Crippen LogP contribution in [0.5, 0.6) is 0 Å². The Morgan fingerprint density at radius 1 is 0.419 bits per heavy atom. The number of hydrogen-bond donors (Lipinski definition) is 0. The monoisotopic (exact) mass is 567 g/mol. The van der Waals surface area contributed by atoms with Gasteiger partial charge in [0.05, 0.1) is 21.5 Å². The van der Waals surface area contributed by atoms with Gasteiger partial charge >= 0.3 is 0 Å². The summed E-state index contributed by atoms with van der Waals surface area (Å²) < 4.78 is 8.95. The Morgan fingerprint density at radius 3 is 1.95 bits per heavy atom. The van der Waals surface area contributed by atoms with E-state index in [2.05, 4.69) is 150 Å². The van der Waals surface area contributed by atoms with E-state index in [-0.39, 0.29) is 0 Å². The molecule has 9 rings (SSSR count). The van der Waals surface area contributed by atoms with E-state index in [4.69, 9.17) is 4.42 Å². The third-order valence-electron chi connectivity index (χ3n) is 8.46. The summed E-state index contributed by atoms with van der Waals surface area (Å²) in [5.41, 5.74) is 7.56. The molecule has 2 aromatic heterocycles. The highest BCUT2D eigenvalue weighted by Crippen LogP contribution is 2.48. The minimum Gasteiger partial charge on any atom is -0.456 e. The minimum atomic E-state index is 0.888. The maximum absolute atomic E-state index is 6.35. The summed E-state index contributed by atoms with van der Waals surface area (Å²) in [6.07, 6.45) is 0. The molecule has 0 fully saturated rings. The summed E-state index contributed by atoms with van der Waals surface area (Å²) >= 11 is 1.88. The van der Waals surface area contributed by atoms with Crippen LogP contribution in [-0.4, -0.2) is 0 Å². The number of thiophene rings is 1. The van der Waals surface area contributed by atoms with Crippen molar-refractivity contribution in [1.82, 2.24) is 0 Å². The molecule has 0 saturated carbocycles. The van der Waals surface area contributed by atoms with Crippen LogP contribution < -0.4 is 4.90 Å². The zero-order chi connectivity index (χ0) is 28.3. The molecule has 0 aliphatic carbocycles. The van der Waals surface area contributed by atoms with E-state index in [1.54, 1.807) is 0 Å². The molecule has 0 aliphatic heterocycles. The number of furan rings is 1. The van der Waals surface area contributed by atoms with Gasteiger partial charge < -0.3 is 9.32 Å². The maximum atomic E-state index is 6.35. The average molecular weight is 568 g/mol.